The van der Waals surface area contributed by atoms with Crippen LogP contribution in [0.3, 0.4) is 0 Å². The highest BCUT2D eigenvalue weighted by Gasteiger charge is 2.16. The summed E-state index contributed by atoms with van der Waals surface area (Å²) in [7, 11) is 0. The Labute approximate surface area is 70.1 Å². The minimum absolute atomic E-state index is 0.802. The van der Waals surface area contributed by atoms with Gasteiger partial charge in [0.25, 0.3) is 0 Å². The van der Waals surface area contributed by atoms with Crippen molar-refractivity contribution in [3.63, 3.8) is 0 Å². The van der Waals surface area contributed by atoms with Crippen LogP contribution >= 0.6 is 0 Å². The molecule has 11 heavy (non-hydrogen) atoms. The van der Waals surface area contributed by atoms with Crippen LogP contribution in [0.5, 0.6) is 0 Å². The van der Waals surface area contributed by atoms with E-state index in [9.17, 15) is 0 Å². The molecule has 0 aromatic rings. The van der Waals surface area contributed by atoms with Gasteiger partial charge in [-0.1, -0.05) is 20.8 Å². The van der Waals surface area contributed by atoms with Crippen LogP contribution in [-0.2, 0) is 0 Å². The molecule has 0 amide bonds. The van der Waals surface area contributed by atoms with Crippen LogP contribution in [0.15, 0.2) is 0 Å². The summed E-state index contributed by atoms with van der Waals surface area (Å²) in [5, 5.41) is 0. The zero-order chi connectivity index (χ0) is 8.27. The molecule has 1 heterocycles. The third-order valence-corrected chi connectivity index (χ3v) is 2.19. The summed E-state index contributed by atoms with van der Waals surface area (Å²) in [6, 6.07) is 0. The van der Waals surface area contributed by atoms with Crippen LogP contribution in [0.1, 0.15) is 33.6 Å². The first-order valence-corrected chi connectivity index (χ1v) is 4.76. The molecule has 0 saturated carbocycles. The normalized spacial score (nSPS) is 25.5. The van der Waals surface area contributed by atoms with E-state index >= 15 is 0 Å². The van der Waals surface area contributed by atoms with Crippen molar-refractivity contribution in [3.8, 4) is 0 Å². The minimum Gasteiger partial charge on any atom is -0.239 e. The van der Waals surface area contributed by atoms with Gasteiger partial charge in [0.05, 0.1) is 0 Å². The Kier molecular flexibility index (Phi) is 3.10. The van der Waals surface area contributed by atoms with E-state index in [4.69, 9.17) is 0 Å². The van der Waals surface area contributed by atoms with Gasteiger partial charge in [0.2, 0.25) is 0 Å². The second-order valence-corrected chi connectivity index (χ2v) is 4.21. The molecule has 1 heteroatoms. The number of hydrogen-bond acceptors (Lipinski definition) is 0. The smallest absolute Gasteiger partial charge is 0.145 e. The number of rotatable bonds is 2. The molecule has 1 aliphatic heterocycles. The highest BCUT2D eigenvalue weighted by atomic mass is 15.0. The van der Waals surface area contributed by atoms with Gasteiger partial charge in [-0.25, -0.2) is 4.58 Å². The van der Waals surface area contributed by atoms with Crippen molar-refractivity contribution < 1.29 is 4.58 Å². The molecule has 0 aromatic heterocycles. The molecule has 1 rings (SSSR count). The first-order valence-electron chi connectivity index (χ1n) is 4.76. The fourth-order valence-electron chi connectivity index (χ4n) is 1.73. The molecule has 64 valence electrons. The largest absolute Gasteiger partial charge is 0.239 e. The summed E-state index contributed by atoms with van der Waals surface area (Å²) in [6.45, 7) is 9.43. The molecule has 0 unspecified atom stereocenters. The molecule has 1 atom stereocenters. The lowest BCUT2D eigenvalue weighted by Crippen LogP contribution is -2.27. The predicted molar refractivity (Wildman–Crippen MR) is 49.3 cm³/mol. The van der Waals surface area contributed by atoms with Crippen molar-refractivity contribution in [2.45, 2.75) is 33.6 Å². The van der Waals surface area contributed by atoms with Gasteiger partial charge in [0.15, 0.2) is 0 Å². The molecular formula is C10H20N+. The molecule has 0 radical (unpaired) electrons. The summed E-state index contributed by atoms with van der Waals surface area (Å²) >= 11 is 0. The Bertz CT molecular complexity index is 147. The van der Waals surface area contributed by atoms with Crippen molar-refractivity contribution >= 4 is 6.21 Å². The molecule has 1 nitrogen and oxygen atoms in total. The van der Waals surface area contributed by atoms with Gasteiger partial charge < -0.3 is 0 Å². The van der Waals surface area contributed by atoms with E-state index in [1.165, 1.54) is 25.9 Å². The molecule has 0 aromatic carbocycles. The van der Waals surface area contributed by atoms with Crippen LogP contribution in [-0.4, -0.2) is 23.9 Å². The van der Waals surface area contributed by atoms with Crippen molar-refractivity contribution in [1.82, 2.24) is 0 Å². The average molecular weight is 154 g/mol. The first kappa shape index (κ1) is 8.76. The lowest BCUT2D eigenvalue weighted by molar-refractivity contribution is -0.540. The van der Waals surface area contributed by atoms with Crippen molar-refractivity contribution in [1.29, 1.82) is 0 Å². The van der Waals surface area contributed by atoms with Gasteiger partial charge in [-0.15, -0.1) is 0 Å². The second kappa shape index (κ2) is 3.89. The Morgan fingerprint density at radius 2 is 2.27 bits per heavy atom. The van der Waals surface area contributed by atoms with Gasteiger partial charge in [0, 0.05) is 18.3 Å². The van der Waals surface area contributed by atoms with Crippen LogP contribution in [0.4, 0.5) is 0 Å². The Morgan fingerprint density at radius 3 is 2.82 bits per heavy atom. The van der Waals surface area contributed by atoms with E-state index in [1.54, 1.807) is 0 Å². The number of nitrogens with zero attached hydrogens (tertiary/aromatic N) is 1. The van der Waals surface area contributed by atoms with Gasteiger partial charge in [-0.05, 0) is 6.42 Å². The summed E-state index contributed by atoms with van der Waals surface area (Å²) in [5.41, 5.74) is 0. The molecule has 0 spiro atoms. The van der Waals surface area contributed by atoms with Crippen molar-refractivity contribution in [2.75, 3.05) is 13.1 Å². The van der Waals surface area contributed by atoms with E-state index in [0.29, 0.717) is 0 Å². The Balaban J connectivity index is 2.38. The summed E-state index contributed by atoms with van der Waals surface area (Å²) in [6.07, 6.45) is 5.04. The van der Waals surface area contributed by atoms with Crippen molar-refractivity contribution in [2.24, 2.45) is 11.8 Å². The van der Waals surface area contributed by atoms with Gasteiger partial charge in [-0.3, -0.25) is 0 Å². The van der Waals surface area contributed by atoms with Gasteiger partial charge in [0.1, 0.15) is 19.3 Å². The monoisotopic (exact) mass is 154 g/mol. The SMILES string of the molecule is CC(C)C[N+]1=CCC[C@@H](C)C1. The number of hydrogen-bond donors (Lipinski definition) is 0. The van der Waals surface area contributed by atoms with Crippen LogP contribution < -0.4 is 0 Å². The summed E-state index contributed by atoms with van der Waals surface area (Å²) in [5.74, 6) is 1.70. The fourth-order valence-corrected chi connectivity index (χ4v) is 1.73. The highest BCUT2D eigenvalue weighted by molar-refractivity contribution is 5.51. The van der Waals surface area contributed by atoms with Crippen molar-refractivity contribution in [3.05, 3.63) is 0 Å². The van der Waals surface area contributed by atoms with E-state index < -0.39 is 0 Å². The maximum atomic E-state index is 2.48. The Hall–Kier alpha value is -0.330. The third kappa shape index (κ3) is 3.04. The molecule has 0 fully saturated rings. The zero-order valence-electron chi connectivity index (χ0n) is 8.01. The third-order valence-electron chi connectivity index (χ3n) is 2.19. The van der Waals surface area contributed by atoms with E-state index in [2.05, 4.69) is 31.6 Å². The van der Waals surface area contributed by atoms with E-state index in [0.717, 1.165) is 11.8 Å². The highest BCUT2D eigenvalue weighted by Crippen LogP contribution is 2.10. The van der Waals surface area contributed by atoms with Crippen LogP contribution in [0.25, 0.3) is 0 Å². The van der Waals surface area contributed by atoms with Gasteiger partial charge in [-0.2, -0.15) is 0 Å². The molecule has 1 aliphatic rings. The zero-order valence-corrected chi connectivity index (χ0v) is 8.01. The molecule has 0 N–H and O–H groups in total. The topological polar surface area (TPSA) is 3.01 Å². The lowest BCUT2D eigenvalue weighted by Gasteiger charge is -2.15. The summed E-state index contributed by atoms with van der Waals surface area (Å²) < 4.78 is 2.48. The maximum absolute atomic E-state index is 2.48. The average Bonchev–Trinajstić information content (AvgIpc) is 1.85. The quantitative estimate of drug-likeness (QED) is 0.536. The van der Waals surface area contributed by atoms with E-state index in [1.807, 2.05) is 0 Å². The van der Waals surface area contributed by atoms with Crippen LogP contribution in [0.2, 0.25) is 0 Å². The second-order valence-electron chi connectivity index (χ2n) is 4.21. The first-order chi connectivity index (χ1) is 5.18. The van der Waals surface area contributed by atoms with E-state index in [-0.39, 0.29) is 0 Å². The maximum Gasteiger partial charge on any atom is 0.145 e. The lowest BCUT2D eigenvalue weighted by atomic mass is 10.0. The standard InChI is InChI=1S/C10H20N/c1-9(2)7-11-6-4-5-10(3)8-11/h6,9-10H,4-5,7-8H2,1-3H3/q+1/t10-/m1/s1. The molecule has 0 aliphatic carbocycles. The minimum atomic E-state index is 0.802. The molecule has 0 saturated heterocycles. The summed E-state index contributed by atoms with van der Waals surface area (Å²) in [4.78, 5) is 0. The van der Waals surface area contributed by atoms with Crippen LogP contribution in [0, 0.1) is 11.8 Å². The fraction of sp³-hybridized carbons (Fsp3) is 0.900. The Morgan fingerprint density at radius 1 is 1.55 bits per heavy atom. The predicted octanol–water partition coefficient (Wildman–Crippen LogP) is 2.16. The molecule has 0 bridgehead atoms. The molecular weight excluding hydrogens is 134 g/mol. The van der Waals surface area contributed by atoms with Gasteiger partial charge >= 0.3 is 0 Å².